The molecule has 0 saturated heterocycles. The Morgan fingerprint density at radius 1 is 1.29 bits per heavy atom. The Hall–Kier alpha value is -2.89. The van der Waals surface area contributed by atoms with Crippen LogP contribution < -0.4 is 10.2 Å². The highest BCUT2D eigenvalue weighted by atomic mass is 16.2. The summed E-state index contributed by atoms with van der Waals surface area (Å²) in [6, 6.07) is 10.0. The van der Waals surface area contributed by atoms with Crippen LogP contribution in [0.25, 0.3) is 10.9 Å². The highest BCUT2D eigenvalue weighted by Crippen LogP contribution is 2.29. The minimum absolute atomic E-state index is 0.138. The van der Waals surface area contributed by atoms with Crippen LogP contribution in [0.4, 0.5) is 5.82 Å². The number of aromatic nitrogens is 3. The van der Waals surface area contributed by atoms with Crippen LogP contribution in [0.1, 0.15) is 42.4 Å². The summed E-state index contributed by atoms with van der Waals surface area (Å²) in [4.78, 5) is 27.2. The Morgan fingerprint density at radius 3 is 2.79 bits per heavy atom. The van der Waals surface area contributed by atoms with Gasteiger partial charge in [0.15, 0.2) is 0 Å². The summed E-state index contributed by atoms with van der Waals surface area (Å²) in [5.74, 6) is 1.84. The van der Waals surface area contributed by atoms with Crippen LogP contribution in [0, 0.1) is 12.8 Å². The number of para-hydroxylation sites is 1. The van der Waals surface area contributed by atoms with Crippen LogP contribution in [0.2, 0.25) is 0 Å². The number of benzene rings is 1. The van der Waals surface area contributed by atoms with Gasteiger partial charge in [0, 0.05) is 49.6 Å². The van der Waals surface area contributed by atoms with Gasteiger partial charge in [-0.25, -0.2) is 9.97 Å². The van der Waals surface area contributed by atoms with E-state index in [-0.39, 0.29) is 17.9 Å². The first kappa shape index (κ1) is 18.5. The molecule has 1 aliphatic rings. The number of fused-ring (bicyclic) bond motifs is 1. The topological polar surface area (TPSA) is 73.9 Å². The zero-order chi connectivity index (χ0) is 19.7. The summed E-state index contributed by atoms with van der Waals surface area (Å²) in [5.41, 5.74) is 3.14. The number of nitrogens with zero attached hydrogens (tertiary/aromatic N) is 3. The number of anilines is 1. The third kappa shape index (κ3) is 3.72. The fourth-order valence-corrected chi connectivity index (χ4v) is 3.69. The van der Waals surface area contributed by atoms with E-state index in [0.717, 1.165) is 36.3 Å². The van der Waals surface area contributed by atoms with Crippen molar-refractivity contribution in [2.24, 2.45) is 5.92 Å². The van der Waals surface area contributed by atoms with Crippen molar-refractivity contribution >= 4 is 22.6 Å². The first-order valence-electron chi connectivity index (χ1n) is 9.89. The lowest BCUT2D eigenvalue weighted by Gasteiger charge is -2.27. The molecule has 0 unspecified atom stereocenters. The molecule has 4 rings (SSSR count). The van der Waals surface area contributed by atoms with Gasteiger partial charge in [-0.1, -0.05) is 24.6 Å². The quantitative estimate of drug-likeness (QED) is 0.689. The van der Waals surface area contributed by atoms with Gasteiger partial charge in [-0.2, -0.15) is 0 Å². The Balaban J connectivity index is 1.68. The fourth-order valence-electron chi connectivity index (χ4n) is 3.69. The maximum atomic E-state index is 12.7. The summed E-state index contributed by atoms with van der Waals surface area (Å²) in [6.07, 6.45) is 5.83. The third-order valence-corrected chi connectivity index (χ3v) is 5.55. The molecule has 28 heavy (non-hydrogen) atoms. The zero-order valence-corrected chi connectivity index (χ0v) is 16.7. The number of aromatic amines is 1. The number of carbonyl (C=O) groups excluding carboxylic acids is 1. The summed E-state index contributed by atoms with van der Waals surface area (Å²) in [6.45, 7) is 1.90. The molecule has 6 nitrogen and oxygen atoms in total. The molecule has 3 aromatic rings. The van der Waals surface area contributed by atoms with Crippen LogP contribution in [-0.4, -0.2) is 35.0 Å². The number of amides is 1. The molecular weight excluding hydrogens is 350 g/mol. The van der Waals surface area contributed by atoms with Crippen LogP contribution in [-0.2, 0) is 11.2 Å². The Labute approximate surface area is 165 Å². The lowest BCUT2D eigenvalue weighted by molar-refractivity contribution is -0.128. The molecule has 1 aliphatic carbocycles. The number of nitrogens with one attached hydrogen (secondary N) is 2. The molecule has 0 aliphatic heterocycles. The molecule has 2 heterocycles. The number of aryl methyl sites for hydroxylation is 1. The van der Waals surface area contributed by atoms with E-state index in [4.69, 9.17) is 0 Å². The van der Waals surface area contributed by atoms with Crippen molar-refractivity contribution in [1.29, 1.82) is 0 Å². The Kier molecular flexibility index (Phi) is 5.03. The monoisotopic (exact) mass is 377 g/mol. The number of hydrogen-bond donors (Lipinski definition) is 2. The van der Waals surface area contributed by atoms with Gasteiger partial charge in [0.25, 0.3) is 0 Å². The molecule has 1 saturated carbocycles. The number of H-pyrrole nitrogens is 1. The van der Waals surface area contributed by atoms with E-state index in [1.807, 2.05) is 50.3 Å². The third-order valence-electron chi connectivity index (χ3n) is 5.55. The maximum absolute atomic E-state index is 12.7. The van der Waals surface area contributed by atoms with Crippen molar-refractivity contribution in [3.05, 3.63) is 53.6 Å². The van der Waals surface area contributed by atoms with Crippen molar-refractivity contribution in [2.45, 2.75) is 38.6 Å². The molecular formula is C22H27N5O. The Morgan fingerprint density at radius 2 is 2.07 bits per heavy atom. The van der Waals surface area contributed by atoms with Gasteiger partial charge >= 0.3 is 0 Å². The summed E-state index contributed by atoms with van der Waals surface area (Å²) in [7, 11) is 3.93. The van der Waals surface area contributed by atoms with Gasteiger partial charge < -0.3 is 15.2 Å². The van der Waals surface area contributed by atoms with E-state index < -0.39 is 0 Å². The molecule has 0 radical (unpaired) electrons. The van der Waals surface area contributed by atoms with Gasteiger partial charge in [0.1, 0.15) is 11.6 Å². The van der Waals surface area contributed by atoms with Crippen LogP contribution in [0.5, 0.6) is 0 Å². The molecule has 2 N–H and O–H groups in total. The second kappa shape index (κ2) is 7.62. The molecule has 146 valence electrons. The van der Waals surface area contributed by atoms with E-state index in [1.165, 1.54) is 10.9 Å². The van der Waals surface area contributed by atoms with E-state index in [2.05, 4.69) is 32.4 Å². The highest BCUT2D eigenvalue weighted by Gasteiger charge is 2.28. The minimum Gasteiger partial charge on any atom is -0.363 e. The summed E-state index contributed by atoms with van der Waals surface area (Å²) >= 11 is 0. The first-order valence-corrected chi connectivity index (χ1v) is 9.89. The second-order valence-corrected chi connectivity index (χ2v) is 7.85. The highest BCUT2D eigenvalue weighted by molar-refractivity contribution is 5.83. The largest absolute Gasteiger partial charge is 0.363 e. The normalized spacial score (nSPS) is 15.2. The number of hydrogen-bond acceptors (Lipinski definition) is 4. The summed E-state index contributed by atoms with van der Waals surface area (Å²) < 4.78 is 0. The lowest BCUT2D eigenvalue weighted by Crippen LogP contribution is -2.38. The van der Waals surface area contributed by atoms with Crippen LogP contribution >= 0.6 is 0 Å². The average Bonchev–Trinajstić information content (AvgIpc) is 3.02. The molecule has 1 fully saturated rings. The average molecular weight is 377 g/mol. The van der Waals surface area contributed by atoms with E-state index in [9.17, 15) is 4.79 Å². The standard InChI is InChI=1S/C22H27N5O/c1-14-24-20(12-21(25-14)27(2)3)19(26-22(28)15-7-6-8-15)11-16-13-23-18-10-5-4-9-17(16)18/h4-5,9-10,12-13,15,19,23H,6-8,11H2,1-3H3,(H,26,28)/t19-/m1/s1. The summed E-state index contributed by atoms with van der Waals surface area (Å²) in [5, 5.41) is 4.45. The SMILES string of the molecule is Cc1nc([C@@H](Cc2c[nH]c3ccccc23)NC(=O)C2CCC2)cc(N(C)C)n1. The van der Waals surface area contributed by atoms with Crippen molar-refractivity contribution in [3.8, 4) is 0 Å². The lowest BCUT2D eigenvalue weighted by atomic mass is 9.84. The van der Waals surface area contributed by atoms with E-state index in [0.29, 0.717) is 12.2 Å². The number of rotatable bonds is 6. The zero-order valence-electron chi connectivity index (χ0n) is 16.7. The van der Waals surface area contributed by atoms with E-state index in [1.54, 1.807) is 0 Å². The number of carbonyl (C=O) groups is 1. The van der Waals surface area contributed by atoms with Crippen molar-refractivity contribution in [1.82, 2.24) is 20.3 Å². The molecule has 1 aromatic carbocycles. The molecule has 1 amide bonds. The predicted molar refractivity (Wildman–Crippen MR) is 111 cm³/mol. The maximum Gasteiger partial charge on any atom is 0.223 e. The van der Waals surface area contributed by atoms with E-state index >= 15 is 0 Å². The van der Waals surface area contributed by atoms with Gasteiger partial charge in [0.05, 0.1) is 11.7 Å². The van der Waals surface area contributed by atoms with Gasteiger partial charge in [-0.05, 0) is 31.4 Å². The Bertz CT molecular complexity index is 990. The molecule has 0 bridgehead atoms. The predicted octanol–water partition coefficient (Wildman–Crippen LogP) is 3.53. The van der Waals surface area contributed by atoms with Crippen LogP contribution in [0.3, 0.4) is 0 Å². The first-order chi connectivity index (χ1) is 13.5. The molecule has 0 spiro atoms. The second-order valence-electron chi connectivity index (χ2n) is 7.85. The smallest absolute Gasteiger partial charge is 0.223 e. The fraction of sp³-hybridized carbons (Fsp3) is 0.409. The molecule has 1 atom stereocenters. The van der Waals surface area contributed by atoms with Gasteiger partial charge in [-0.15, -0.1) is 0 Å². The van der Waals surface area contributed by atoms with Crippen molar-refractivity contribution < 1.29 is 4.79 Å². The van der Waals surface area contributed by atoms with Gasteiger partial charge in [-0.3, -0.25) is 4.79 Å². The van der Waals surface area contributed by atoms with Crippen molar-refractivity contribution in [3.63, 3.8) is 0 Å². The molecule has 2 aromatic heterocycles. The van der Waals surface area contributed by atoms with Crippen molar-refractivity contribution in [2.75, 3.05) is 19.0 Å². The molecule has 6 heteroatoms. The van der Waals surface area contributed by atoms with Gasteiger partial charge in [0.2, 0.25) is 5.91 Å². The van der Waals surface area contributed by atoms with Crippen LogP contribution in [0.15, 0.2) is 36.5 Å². The minimum atomic E-state index is -0.187.